The molecule has 0 aliphatic carbocycles. The molecule has 258 valence electrons. The third-order valence-corrected chi connectivity index (χ3v) is 12.1. The third-order valence-electron chi connectivity index (χ3n) is 10.9. The van der Waals surface area contributed by atoms with E-state index in [-0.39, 0.29) is 0 Å². The first-order valence-electron chi connectivity index (χ1n) is 18.8. The SMILES string of the molecule is C(=Cc1ccc2c(c1)sc1ccc(N(c3ccccc3)c3ccccc3)cc12)c1ccc(-c2ccc3c4c2ccc2cccc(c24)n3-c2ccccc2)cc1. The number of anilines is 3. The summed E-state index contributed by atoms with van der Waals surface area (Å²) in [5, 5.41) is 7.80. The van der Waals surface area contributed by atoms with Crippen LogP contribution in [-0.4, -0.2) is 4.57 Å². The molecule has 0 radical (unpaired) electrons. The first-order valence-corrected chi connectivity index (χ1v) is 19.6. The van der Waals surface area contributed by atoms with Crippen LogP contribution in [0.4, 0.5) is 17.1 Å². The fourth-order valence-electron chi connectivity index (χ4n) is 8.39. The van der Waals surface area contributed by atoms with Gasteiger partial charge < -0.3 is 9.47 Å². The normalized spacial score (nSPS) is 11.9. The van der Waals surface area contributed by atoms with E-state index in [4.69, 9.17) is 0 Å². The van der Waals surface area contributed by atoms with E-state index in [1.807, 2.05) is 11.3 Å². The molecular weight excluding hydrogens is 685 g/mol. The van der Waals surface area contributed by atoms with E-state index in [9.17, 15) is 0 Å². The van der Waals surface area contributed by atoms with Gasteiger partial charge in [0.1, 0.15) is 0 Å². The van der Waals surface area contributed by atoms with Crippen LogP contribution in [0.2, 0.25) is 0 Å². The van der Waals surface area contributed by atoms with Gasteiger partial charge in [-0.15, -0.1) is 11.3 Å². The number of para-hydroxylation sites is 3. The number of fused-ring (bicyclic) bond motifs is 3. The van der Waals surface area contributed by atoms with Crippen LogP contribution < -0.4 is 4.90 Å². The minimum atomic E-state index is 1.14. The lowest BCUT2D eigenvalue weighted by atomic mass is 9.94. The largest absolute Gasteiger partial charge is 0.310 e. The predicted octanol–water partition coefficient (Wildman–Crippen LogP) is 15.0. The van der Waals surface area contributed by atoms with E-state index in [1.54, 1.807) is 0 Å². The van der Waals surface area contributed by atoms with Crippen molar-refractivity contribution in [3.63, 3.8) is 0 Å². The van der Waals surface area contributed by atoms with Crippen molar-refractivity contribution in [2.45, 2.75) is 0 Å². The van der Waals surface area contributed by atoms with Crippen LogP contribution in [0.25, 0.3) is 81.7 Å². The number of benzene rings is 9. The number of aromatic nitrogens is 1. The van der Waals surface area contributed by atoms with Gasteiger partial charge in [0, 0.05) is 53.7 Å². The highest BCUT2D eigenvalue weighted by Gasteiger charge is 2.19. The zero-order valence-electron chi connectivity index (χ0n) is 29.9. The number of hydrogen-bond donors (Lipinski definition) is 0. The lowest BCUT2D eigenvalue weighted by Crippen LogP contribution is -2.09. The number of rotatable bonds is 7. The van der Waals surface area contributed by atoms with Crippen molar-refractivity contribution < 1.29 is 0 Å². The van der Waals surface area contributed by atoms with Gasteiger partial charge in [0.15, 0.2) is 0 Å². The molecule has 0 fully saturated rings. The van der Waals surface area contributed by atoms with Gasteiger partial charge in [-0.2, -0.15) is 0 Å². The molecule has 0 unspecified atom stereocenters. The van der Waals surface area contributed by atoms with Gasteiger partial charge in [0.2, 0.25) is 0 Å². The van der Waals surface area contributed by atoms with Gasteiger partial charge in [-0.25, -0.2) is 0 Å². The topological polar surface area (TPSA) is 8.17 Å². The average Bonchev–Trinajstić information content (AvgIpc) is 3.79. The summed E-state index contributed by atoms with van der Waals surface area (Å²) in [6.45, 7) is 0. The molecule has 9 aromatic carbocycles. The molecule has 11 aromatic rings. The predicted molar refractivity (Wildman–Crippen MR) is 238 cm³/mol. The summed E-state index contributed by atoms with van der Waals surface area (Å²) in [5.74, 6) is 0. The van der Waals surface area contributed by atoms with E-state index < -0.39 is 0 Å². The molecule has 0 atom stereocenters. The molecule has 3 heteroatoms. The van der Waals surface area contributed by atoms with E-state index in [1.165, 1.54) is 80.7 Å². The number of thiophene rings is 1. The maximum absolute atomic E-state index is 2.40. The summed E-state index contributed by atoms with van der Waals surface area (Å²) in [6, 6.07) is 70.4. The molecule has 0 saturated heterocycles. The average molecular weight is 719 g/mol. The Hall–Kier alpha value is -6.94. The summed E-state index contributed by atoms with van der Waals surface area (Å²) in [7, 11) is 0. The van der Waals surface area contributed by atoms with Crippen LogP contribution in [-0.2, 0) is 0 Å². The summed E-state index contributed by atoms with van der Waals surface area (Å²) in [4.78, 5) is 2.33. The van der Waals surface area contributed by atoms with Crippen LogP contribution in [0.3, 0.4) is 0 Å². The second kappa shape index (κ2) is 12.9. The van der Waals surface area contributed by atoms with Gasteiger partial charge in [0.25, 0.3) is 0 Å². The van der Waals surface area contributed by atoms with Gasteiger partial charge in [-0.1, -0.05) is 133 Å². The fraction of sp³-hybridized carbons (Fsp3) is 0. The van der Waals surface area contributed by atoms with E-state index in [0.29, 0.717) is 0 Å². The van der Waals surface area contributed by atoms with Crippen molar-refractivity contribution >= 4 is 93.3 Å². The monoisotopic (exact) mass is 718 g/mol. The smallest absolute Gasteiger partial charge is 0.0547 e. The number of nitrogens with zero attached hydrogens (tertiary/aromatic N) is 2. The molecule has 11 rings (SSSR count). The van der Waals surface area contributed by atoms with Crippen molar-refractivity contribution in [1.82, 2.24) is 4.57 Å². The van der Waals surface area contributed by atoms with Gasteiger partial charge in [-0.05, 0) is 106 Å². The van der Waals surface area contributed by atoms with Gasteiger partial charge in [0.05, 0.1) is 11.0 Å². The molecule has 2 heterocycles. The zero-order valence-corrected chi connectivity index (χ0v) is 30.7. The van der Waals surface area contributed by atoms with Crippen molar-refractivity contribution in [2.24, 2.45) is 0 Å². The van der Waals surface area contributed by atoms with Crippen LogP contribution in [0.15, 0.2) is 194 Å². The summed E-state index contributed by atoms with van der Waals surface area (Å²) < 4.78 is 5.00. The van der Waals surface area contributed by atoms with Gasteiger partial charge in [-0.3, -0.25) is 0 Å². The molecule has 0 bridgehead atoms. The van der Waals surface area contributed by atoms with E-state index >= 15 is 0 Å². The second-order valence-corrected chi connectivity index (χ2v) is 15.3. The van der Waals surface area contributed by atoms with Crippen molar-refractivity contribution in [1.29, 1.82) is 0 Å². The molecule has 55 heavy (non-hydrogen) atoms. The Bertz CT molecular complexity index is 3130. The maximum Gasteiger partial charge on any atom is 0.0547 e. The van der Waals surface area contributed by atoms with Crippen LogP contribution in [0.5, 0.6) is 0 Å². The Morgan fingerprint density at radius 3 is 1.85 bits per heavy atom. The minimum Gasteiger partial charge on any atom is -0.310 e. The summed E-state index contributed by atoms with van der Waals surface area (Å²) in [6.07, 6.45) is 4.45. The van der Waals surface area contributed by atoms with Crippen LogP contribution in [0.1, 0.15) is 11.1 Å². The third kappa shape index (κ3) is 5.32. The Kier molecular flexibility index (Phi) is 7.39. The van der Waals surface area contributed by atoms with Crippen molar-refractivity contribution in [3.05, 3.63) is 205 Å². The van der Waals surface area contributed by atoms with E-state index in [2.05, 4.69) is 216 Å². The Labute approximate surface area is 323 Å². The fourth-order valence-corrected chi connectivity index (χ4v) is 9.52. The highest BCUT2D eigenvalue weighted by Crippen LogP contribution is 2.43. The number of hydrogen-bond acceptors (Lipinski definition) is 2. The maximum atomic E-state index is 2.40. The molecule has 0 aliphatic rings. The molecule has 0 saturated carbocycles. The lowest BCUT2D eigenvalue weighted by molar-refractivity contribution is 1.18. The van der Waals surface area contributed by atoms with Crippen molar-refractivity contribution in [2.75, 3.05) is 4.90 Å². The first-order chi connectivity index (χ1) is 27.3. The Morgan fingerprint density at radius 2 is 1.09 bits per heavy atom. The highest BCUT2D eigenvalue weighted by atomic mass is 32.1. The first kappa shape index (κ1) is 31.6. The zero-order chi connectivity index (χ0) is 36.3. The highest BCUT2D eigenvalue weighted by molar-refractivity contribution is 7.25. The second-order valence-electron chi connectivity index (χ2n) is 14.2. The molecule has 0 N–H and O–H groups in total. The molecule has 2 aromatic heterocycles. The molecule has 0 spiro atoms. The van der Waals surface area contributed by atoms with E-state index in [0.717, 1.165) is 17.1 Å². The van der Waals surface area contributed by atoms with Crippen molar-refractivity contribution in [3.8, 4) is 16.8 Å². The minimum absolute atomic E-state index is 1.14. The van der Waals surface area contributed by atoms with Gasteiger partial charge >= 0.3 is 0 Å². The Balaban J connectivity index is 0.903. The lowest BCUT2D eigenvalue weighted by Gasteiger charge is -2.25. The standard InChI is InChI=1S/C52H34N2S/c1-4-12-39(13-5-1)53(40-14-6-2-7-15-40)42-27-32-49-46(34-42)44-28-23-36(33-50(44)55-49)20-19-35-21-24-37(25-22-35)43-30-31-48-52-45(43)29-26-38-11-10-18-47(51(38)52)54(48)41-16-8-3-9-17-41/h1-34H. The summed E-state index contributed by atoms with van der Waals surface area (Å²) in [5.41, 5.74) is 12.0. The summed E-state index contributed by atoms with van der Waals surface area (Å²) >= 11 is 1.86. The van der Waals surface area contributed by atoms with Crippen LogP contribution >= 0.6 is 11.3 Å². The quantitative estimate of drug-likeness (QED) is 0.118. The molecule has 0 amide bonds. The molecular formula is C52H34N2S. The molecule has 2 nitrogen and oxygen atoms in total. The Morgan fingerprint density at radius 1 is 0.418 bits per heavy atom. The van der Waals surface area contributed by atoms with Crippen LogP contribution in [0, 0.1) is 0 Å². The molecule has 0 aliphatic heterocycles.